The number of hydrogen-bond donors (Lipinski definition) is 0. The van der Waals surface area contributed by atoms with Crippen molar-refractivity contribution >= 4 is 11.9 Å². The van der Waals surface area contributed by atoms with Gasteiger partial charge in [-0.3, -0.25) is 4.79 Å². The average molecular weight is 236 g/mol. The van der Waals surface area contributed by atoms with Crippen LogP contribution >= 0.6 is 0 Å². The Kier molecular flexibility index (Phi) is 4.08. The van der Waals surface area contributed by atoms with E-state index in [0.29, 0.717) is 0 Å². The molecule has 0 N–H and O–H groups in total. The largest absolute Gasteiger partial charge is 0.299 e. The van der Waals surface area contributed by atoms with Crippen LogP contribution in [0.1, 0.15) is 24.0 Å². The summed E-state index contributed by atoms with van der Waals surface area (Å²) in [6, 6.07) is 19.9. The summed E-state index contributed by atoms with van der Waals surface area (Å²) in [5.41, 5.74) is 2.15. The highest BCUT2D eigenvalue weighted by Crippen LogP contribution is 2.19. The van der Waals surface area contributed by atoms with Gasteiger partial charge in [0.15, 0.2) is 0 Å². The fraction of sp³-hybridized carbons (Fsp3) is 0.118. The Bertz CT molecular complexity index is 526. The van der Waals surface area contributed by atoms with Crippen molar-refractivity contribution in [3.8, 4) is 0 Å². The number of ketones is 1. The van der Waals surface area contributed by atoms with E-state index < -0.39 is 0 Å². The summed E-state index contributed by atoms with van der Waals surface area (Å²) in [5, 5.41) is 0. The van der Waals surface area contributed by atoms with Crippen molar-refractivity contribution < 1.29 is 4.79 Å². The van der Waals surface area contributed by atoms with Crippen LogP contribution in [0.3, 0.4) is 0 Å². The molecule has 0 spiro atoms. The standard InChI is InChI=1S/C17H16O/c1-14(18)17(16-10-6-3-7-11-16)13-12-15-8-4-2-5-9-15/h2-13,17H,1H3. The molecular weight excluding hydrogens is 220 g/mol. The molecule has 0 amide bonds. The third kappa shape index (κ3) is 3.17. The van der Waals surface area contributed by atoms with E-state index in [4.69, 9.17) is 0 Å². The minimum atomic E-state index is -0.161. The molecule has 2 aromatic carbocycles. The highest BCUT2D eigenvalue weighted by atomic mass is 16.1. The average Bonchev–Trinajstić information content (AvgIpc) is 2.41. The summed E-state index contributed by atoms with van der Waals surface area (Å²) < 4.78 is 0. The van der Waals surface area contributed by atoms with Crippen LogP contribution in [0.15, 0.2) is 66.7 Å². The predicted octanol–water partition coefficient (Wildman–Crippen LogP) is 4.07. The smallest absolute Gasteiger partial charge is 0.141 e. The number of rotatable bonds is 4. The van der Waals surface area contributed by atoms with Crippen LogP contribution in [0, 0.1) is 0 Å². The lowest BCUT2D eigenvalue weighted by molar-refractivity contribution is -0.117. The zero-order valence-electron chi connectivity index (χ0n) is 10.4. The molecule has 1 nitrogen and oxygen atoms in total. The van der Waals surface area contributed by atoms with E-state index in [9.17, 15) is 4.79 Å². The van der Waals surface area contributed by atoms with Gasteiger partial charge < -0.3 is 0 Å². The summed E-state index contributed by atoms with van der Waals surface area (Å²) in [7, 11) is 0. The number of allylic oxidation sites excluding steroid dienone is 1. The minimum Gasteiger partial charge on any atom is -0.299 e. The Morgan fingerprint density at radius 3 is 2.06 bits per heavy atom. The maximum Gasteiger partial charge on any atom is 0.141 e. The summed E-state index contributed by atoms with van der Waals surface area (Å²) in [5.74, 6) is -0.000197. The number of Topliss-reactive ketones (excluding diaryl/α,β-unsaturated/α-hetero) is 1. The van der Waals surface area contributed by atoms with Crippen LogP contribution in [0.25, 0.3) is 6.08 Å². The van der Waals surface area contributed by atoms with Gasteiger partial charge in [0.25, 0.3) is 0 Å². The van der Waals surface area contributed by atoms with E-state index >= 15 is 0 Å². The van der Waals surface area contributed by atoms with Gasteiger partial charge in [-0.2, -0.15) is 0 Å². The Labute approximate surface area is 108 Å². The first-order chi connectivity index (χ1) is 8.77. The van der Waals surface area contributed by atoms with Crippen molar-refractivity contribution in [2.24, 2.45) is 0 Å². The molecule has 1 heteroatoms. The predicted molar refractivity (Wildman–Crippen MR) is 75.3 cm³/mol. The first kappa shape index (κ1) is 12.3. The van der Waals surface area contributed by atoms with Gasteiger partial charge >= 0.3 is 0 Å². The van der Waals surface area contributed by atoms with Crippen molar-refractivity contribution in [3.05, 3.63) is 77.9 Å². The molecule has 0 aliphatic carbocycles. The van der Waals surface area contributed by atoms with Crippen molar-refractivity contribution in [2.45, 2.75) is 12.8 Å². The first-order valence-corrected chi connectivity index (χ1v) is 6.06. The molecule has 0 heterocycles. The molecule has 90 valence electrons. The maximum absolute atomic E-state index is 11.7. The fourth-order valence-electron chi connectivity index (χ4n) is 1.91. The lowest BCUT2D eigenvalue weighted by Gasteiger charge is -2.09. The first-order valence-electron chi connectivity index (χ1n) is 6.06. The molecule has 18 heavy (non-hydrogen) atoms. The van der Waals surface area contributed by atoms with Gasteiger partial charge in [0.2, 0.25) is 0 Å². The van der Waals surface area contributed by atoms with Crippen LogP contribution in [0.5, 0.6) is 0 Å². The SMILES string of the molecule is CC(=O)C(C=Cc1ccccc1)c1ccccc1. The van der Waals surface area contributed by atoms with Gasteiger partial charge in [0, 0.05) is 0 Å². The number of hydrogen-bond acceptors (Lipinski definition) is 1. The molecule has 0 aliphatic heterocycles. The van der Waals surface area contributed by atoms with E-state index in [1.165, 1.54) is 0 Å². The Balaban J connectivity index is 2.23. The normalized spacial score (nSPS) is 12.5. The number of benzene rings is 2. The number of carbonyl (C=O) groups is 1. The van der Waals surface area contributed by atoms with Gasteiger partial charge in [0.1, 0.15) is 5.78 Å². The van der Waals surface area contributed by atoms with Gasteiger partial charge in [0.05, 0.1) is 5.92 Å². The molecule has 2 aromatic rings. The van der Waals surface area contributed by atoms with Gasteiger partial charge in [-0.05, 0) is 18.1 Å². The summed E-state index contributed by atoms with van der Waals surface area (Å²) in [4.78, 5) is 11.7. The Morgan fingerprint density at radius 1 is 0.944 bits per heavy atom. The fourth-order valence-corrected chi connectivity index (χ4v) is 1.91. The molecule has 0 radical (unpaired) electrons. The maximum atomic E-state index is 11.7. The van der Waals surface area contributed by atoms with E-state index in [1.807, 2.05) is 72.8 Å². The van der Waals surface area contributed by atoms with E-state index in [2.05, 4.69) is 0 Å². The lowest BCUT2D eigenvalue weighted by atomic mass is 9.94. The summed E-state index contributed by atoms with van der Waals surface area (Å²) in [6.07, 6.45) is 3.96. The van der Waals surface area contributed by atoms with Crippen LogP contribution < -0.4 is 0 Å². The van der Waals surface area contributed by atoms with Crippen LogP contribution in [0.2, 0.25) is 0 Å². The Hall–Kier alpha value is -2.15. The summed E-state index contributed by atoms with van der Waals surface area (Å²) in [6.45, 7) is 1.63. The van der Waals surface area contributed by atoms with Crippen LogP contribution in [-0.4, -0.2) is 5.78 Å². The molecule has 2 rings (SSSR count). The molecular formula is C17H16O. The third-order valence-corrected chi connectivity index (χ3v) is 2.88. The van der Waals surface area contributed by atoms with E-state index in [0.717, 1.165) is 11.1 Å². The van der Waals surface area contributed by atoms with E-state index in [-0.39, 0.29) is 11.7 Å². The topological polar surface area (TPSA) is 17.1 Å². The highest BCUT2D eigenvalue weighted by molar-refractivity contribution is 5.86. The van der Waals surface area contributed by atoms with E-state index in [1.54, 1.807) is 6.92 Å². The number of carbonyl (C=O) groups excluding carboxylic acids is 1. The van der Waals surface area contributed by atoms with Crippen molar-refractivity contribution in [2.75, 3.05) is 0 Å². The molecule has 1 unspecified atom stereocenters. The second-order valence-corrected chi connectivity index (χ2v) is 4.27. The summed E-state index contributed by atoms with van der Waals surface area (Å²) >= 11 is 0. The second kappa shape index (κ2) is 5.97. The van der Waals surface area contributed by atoms with Crippen molar-refractivity contribution in [3.63, 3.8) is 0 Å². The van der Waals surface area contributed by atoms with Gasteiger partial charge in [-0.15, -0.1) is 0 Å². The molecule has 1 atom stereocenters. The van der Waals surface area contributed by atoms with Crippen molar-refractivity contribution in [1.82, 2.24) is 0 Å². The quantitative estimate of drug-likeness (QED) is 0.782. The second-order valence-electron chi connectivity index (χ2n) is 4.27. The molecule has 0 bridgehead atoms. The third-order valence-electron chi connectivity index (χ3n) is 2.88. The molecule has 0 saturated heterocycles. The molecule has 0 aromatic heterocycles. The van der Waals surface area contributed by atoms with Crippen LogP contribution in [-0.2, 0) is 4.79 Å². The van der Waals surface area contributed by atoms with Gasteiger partial charge in [-0.1, -0.05) is 72.8 Å². The zero-order valence-corrected chi connectivity index (χ0v) is 10.4. The minimum absolute atomic E-state index is 0.161. The molecule has 0 saturated carbocycles. The van der Waals surface area contributed by atoms with Gasteiger partial charge in [-0.25, -0.2) is 0 Å². The van der Waals surface area contributed by atoms with Crippen LogP contribution in [0.4, 0.5) is 0 Å². The molecule has 0 fully saturated rings. The molecule has 0 aliphatic rings. The van der Waals surface area contributed by atoms with Crippen molar-refractivity contribution in [1.29, 1.82) is 0 Å². The highest BCUT2D eigenvalue weighted by Gasteiger charge is 2.12. The zero-order chi connectivity index (χ0) is 12.8. The lowest BCUT2D eigenvalue weighted by Crippen LogP contribution is -2.05. The monoisotopic (exact) mass is 236 g/mol. The Morgan fingerprint density at radius 2 is 1.50 bits per heavy atom.